The number of hydrogen-bond acceptors (Lipinski definition) is 7. The Morgan fingerprint density at radius 3 is 2.39 bits per heavy atom. The normalized spacial score (nSPS) is 20.0. The van der Waals surface area contributed by atoms with Crippen molar-refractivity contribution >= 4 is 16.1 Å². The van der Waals surface area contributed by atoms with E-state index in [1.54, 1.807) is 18.3 Å². The highest BCUT2D eigenvalue weighted by molar-refractivity contribution is 7.87. The van der Waals surface area contributed by atoms with Crippen molar-refractivity contribution in [1.82, 2.24) is 18.9 Å². The Labute approximate surface area is 240 Å². The van der Waals surface area contributed by atoms with Crippen molar-refractivity contribution in [3.8, 4) is 11.5 Å². The van der Waals surface area contributed by atoms with Crippen LogP contribution >= 0.6 is 0 Å². The smallest absolute Gasteiger partial charge is 0.304 e. The molecule has 1 aromatic carbocycles. The minimum Gasteiger partial charge on any atom is -0.492 e. The standard InChI is InChI=1S/C29H38F2N4O5S/c1-2-25(24-12-10-22(18-32-24)39-19-20-8-9-20)40-26-13-11-23(27(30)28(26)31)29(36)33-41(37,38)35-16-14-34(15-17-35)21-6-4-3-5-7-21/h10-13,18,20-21,25H,2-9,14-17,19H2,1H3,(H,33,36)/t25-/m1/s1. The monoisotopic (exact) mass is 592 g/mol. The van der Waals surface area contributed by atoms with Crippen LogP contribution in [0.4, 0.5) is 8.78 Å². The number of hydrogen-bond donors (Lipinski definition) is 1. The van der Waals surface area contributed by atoms with Crippen LogP contribution in [0, 0.1) is 17.6 Å². The van der Waals surface area contributed by atoms with Crippen LogP contribution in [-0.2, 0) is 10.2 Å². The minimum absolute atomic E-state index is 0.225. The lowest BCUT2D eigenvalue weighted by molar-refractivity contribution is 0.0961. The van der Waals surface area contributed by atoms with Gasteiger partial charge in [0.05, 0.1) is 24.1 Å². The van der Waals surface area contributed by atoms with Crippen LogP contribution in [0.1, 0.15) is 80.4 Å². The molecular formula is C29H38F2N4O5S. The van der Waals surface area contributed by atoms with Crippen molar-refractivity contribution in [1.29, 1.82) is 0 Å². The van der Waals surface area contributed by atoms with Gasteiger partial charge in [-0.3, -0.25) is 14.7 Å². The number of nitrogens with zero attached hydrogens (tertiary/aromatic N) is 3. The lowest BCUT2D eigenvalue weighted by atomic mass is 9.94. The molecule has 1 atom stereocenters. The average Bonchev–Trinajstić information content (AvgIpc) is 3.82. The fourth-order valence-corrected chi connectivity index (χ4v) is 6.58. The second-order valence-corrected chi connectivity index (χ2v) is 12.8. The number of aromatic nitrogens is 1. The van der Waals surface area contributed by atoms with Gasteiger partial charge in [-0.05, 0) is 62.3 Å². The van der Waals surface area contributed by atoms with Gasteiger partial charge >= 0.3 is 10.2 Å². The molecule has 1 aliphatic heterocycles. The largest absolute Gasteiger partial charge is 0.492 e. The van der Waals surface area contributed by atoms with Gasteiger partial charge in [0.1, 0.15) is 11.9 Å². The summed E-state index contributed by atoms with van der Waals surface area (Å²) in [5, 5.41) is 0. The number of benzene rings is 1. The second-order valence-electron chi connectivity index (χ2n) is 11.1. The van der Waals surface area contributed by atoms with Crippen LogP contribution in [0.5, 0.6) is 11.5 Å². The van der Waals surface area contributed by atoms with Crippen molar-refractivity contribution < 1.29 is 31.5 Å². The van der Waals surface area contributed by atoms with Gasteiger partial charge in [0, 0.05) is 32.2 Å². The highest BCUT2D eigenvalue weighted by atomic mass is 32.2. The zero-order chi connectivity index (χ0) is 29.0. The van der Waals surface area contributed by atoms with Gasteiger partial charge in [0.2, 0.25) is 5.82 Å². The van der Waals surface area contributed by atoms with Crippen molar-refractivity contribution in [3.05, 3.63) is 53.4 Å². The van der Waals surface area contributed by atoms with Gasteiger partial charge in [-0.15, -0.1) is 0 Å². The molecule has 41 heavy (non-hydrogen) atoms. The van der Waals surface area contributed by atoms with Crippen molar-refractivity contribution in [2.75, 3.05) is 32.8 Å². The topological polar surface area (TPSA) is 101 Å². The molecule has 0 radical (unpaired) electrons. The number of rotatable bonds is 11. The van der Waals surface area contributed by atoms with Crippen molar-refractivity contribution in [2.45, 2.75) is 70.4 Å². The second kappa shape index (κ2) is 13.0. The summed E-state index contributed by atoms with van der Waals surface area (Å²) in [6.07, 6.45) is 9.51. The van der Waals surface area contributed by atoms with Crippen LogP contribution in [0.15, 0.2) is 30.5 Å². The molecule has 2 saturated carbocycles. The summed E-state index contributed by atoms with van der Waals surface area (Å²) in [6, 6.07) is 6.09. The lowest BCUT2D eigenvalue weighted by Crippen LogP contribution is -2.55. The number of ether oxygens (including phenoxy) is 2. The summed E-state index contributed by atoms with van der Waals surface area (Å²) in [5.74, 6) is -3.26. The van der Waals surface area contributed by atoms with E-state index in [0.717, 1.165) is 25.0 Å². The number of carbonyl (C=O) groups is 1. The molecule has 0 spiro atoms. The summed E-state index contributed by atoms with van der Waals surface area (Å²) in [5.41, 5.74) is -0.204. The molecule has 3 fully saturated rings. The fraction of sp³-hybridized carbons (Fsp3) is 0.586. The van der Waals surface area contributed by atoms with E-state index in [2.05, 4.69) is 9.88 Å². The summed E-state index contributed by atoms with van der Waals surface area (Å²) >= 11 is 0. The van der Waals surface area contributed by atoms with E-state index >= 15 is 4.39 Å². The Kier molecular flexibility index (Phi) is 9.40. The Balaban J connectivity index is 1.19. The van der Waals surface area contributed by atoms with Crippen molar-refractivity contribution in [2.24, 2.45) is 5.92 Å². The molecule has 9 nitrogen and oxygen atoms in total. The number of pyridine rings is 1. The molecule has 1 saturated heterocycles. The summed E-state index contributed by atoms with van der Waals surface area (Å²) in [4.78, 5) is 19.4. The first-order valence-electron chi connectivity index (χ1n) is 14.5. The van der Waals surface area contributed by atoms with Crippen LogP contribution < -0.4 is 14.2 Å². The third-order valence-electron chi connectivity index (χ3n) is 8.13. The zero-order valence-electron chi connectivity index (χ0n) is 23.4. The molecule has 3 aliphatic rings. The average molecular weight is 593 g/mol. The van der Waals surface area contributed by atoms with Crippen LogP contribution in [0.3, 0.4) is 0 Å². The van der Waals surface area contributed by atoms with Gasteiger partial charge in [0.15, 0.2) is 11.6 Å². The number of halogens is 2. The molecule has 1 aromatic heterocycles. The number of nitrogens with one attached hydrogen (secondary N) is 1. The maximum absolute atomic E-state index is 15.0. The fourth-order valence-electron chi connectivity index (χ4n) is 5.46. The zero-order valence-corrected chi connectivity index (χ0v) is 24.2. The molecule has 2 aliphatic carbocycles. The molecule has 224 valence electrons. The Hall–Kier alpha value is -2.83. The lowest BCUT2D eigenvalue weighted by Gasteiger charge is -2.40. The summed E-state index contributed by atoms with van der Waals surface area (Å²) in [6.45, 7) is 4.06. The maximum atomic E-state index is 15.0. The SMILES string of the molecule is CC[C@@H](Oc1ccc(C(=O)NS(=O)(=O)N2CCN(C3CCCCC3)CC2)c(F)c1F)c1ccc(OCC2CC2)cn1. The van der Waals surface area contributed by atoms with Crippen molar-refractivity contribution in [3.63, 3.8) is 0 Å². The van der Waals surface area contributed by atoms with Gasteiger partial charge in [0.25, 0.3) is 5.91 Å². The third-order valence-corrected chi connectivity index (χ3v) is 9.62. The van der Waals surface area contributed by atoms with Gasteiger partial charge in [-0.25, -0.2) is 9.11 Å². The third kappa shape index (κ3) is 7.34. The first-order valence-corrected chi connectivity index (χ1v) is 16.0. The highest BCUT2D eigenvalue weighted by Gasteiger charge is 2.33. The Morgan fingerprint density at radius 2 is 1.76 bits per heavy atom. The van der Waals surface area contributed by atoms with Crippen LogP contribution in [0.2, 0.25) is 0 Å². The minimum atomic E-state index is -4.22. The van der Waals surface area contributed by atoms with Gasteiger partial charge in [-0.2, -0.15) is 17.1 Å². The summed E-state index contributed by atoms with van der Waals surface area (Å²) in [7, 11) is -4.22. The number of amides is 1. The maximum Gasteiger partial charge on any atom is 0.304 e. The van der Waals surface area contributed by atoms with E-state index in [1.165, 1.54) is 36.4 Å². The predicted molar refractivity (Wildman–Crippen MR) is 149 cm³/mol. The van der Waals surface area contributed by atoms with Crippen LogP contribution in [-0.4, -0.2) is 67.3 Å². The predicted octanol–water partition coefficient (Wildman–Crippen LogP) is 4.60. The quantitative estimate of drug-likeness (QED) is 0.407. The molecule has 12 heteroatoms. The van der Waals surface area contributed by atoms with Gasteiger partial charge < -0.3 is 9.47 Å². The first kappa shape index (κ1) is 29.7. The molecule has 5 rings (SSSR count). The molecule has 1 amide bonds. The first-order chi connectivity index (χ1) is 19.7. The molecule has 2 aromatic rings. The Morgan fingerprint density at radius 1 is 1.02 bits per heavy atom. The molecule has 1 N–H and O–H groups in total. The van der Waals surface area contributed by atoms with E-state index in [0.29, 0.717) is 49.5 Å². The van der Waals surface area contributed by atoms with Crippen LogP contribution in [0.25, 0.3) is 0 Å². The van der Waals surface area contributed by atoms with E-state index in [4.69, 9.17) is 9.47 Å². The van der Waals surface area contributed by atoms with E-state index in [1.807, 2.05) is 11.6 Å². The van der Waals surface area contributed by atoms with Gasteiger partial charge in [-0.1, -0.05) is 26.2 Å². The highest BCUT2D eigenvalue weighted by Crippen LogP contribution is 2.31. The number of piperazine rings is 1. The molecule has 0 unspecified atom stereocenters. The summed E-state index contributed by atoms with van der Waals surface area (Å²) < 4.78 is 70.2. The van der Waals surface area contributed by atoms with E-state index < -0.39 is 45.2 Å². The van der Waals surface area contributed by atoms with E-state index in [9.17, 15) is 17.6 Å². The molecular weight excluding hydrogens is 554 g/mol. The Bertz CT molecular complexity index is 1310. The molecule has 2 heterocycles. The number of carbonyl (C=O) groups excluding carboxylic acids is 1. The van der Waals surface area contributed by atoms with E-state index in [-0.39, 0.29) is 13.1 Å². The molecule has 0 bridgehead atoms.